The standard InChI is InChI=1S/C23H29N2.C5H4S.Ru/c1-14-9-16(3)22(17(4)10-14)24-13-25(21(8)20(24)7)23-18(5)11-15(2)12-19(23)6;1-5-3-2-4-6-5;/h9-13H,1-8H3;1-4H;/q-1;;+1. The Morgan fingerprint density at radius 3 is 1.41 bits per heavy atom. The Bertz CT molecular complexity index is 1040. The van der Waals surface area contributed by atoms with Crippen molar-refractivity contribution < 1.29 is 17.9 Å². The Balaban J connectivity index is 0.000000352. The molecule has 0 fully saturated rings. The molecule has 2 heterocycles. The quantitative estimate of drug-likeness (QED) is 0.253. The van der Waals surface area contributed by atoms with Crippen LogP contribution in [0.2, 0.25) is 0 Å². The zero-order valence-electron chi connectivity index (χ0n) is 20.4. The van der Waals surface area contributed by atoms with Crippen molar-refractivity contribution in [3.8, 4) is 0 Å². The van der Waals surface area contributed by atoms with Gasteiger partial charge in [0, 0.05) is 22.8 Å². The van der Waals surface area contributed by atoms with Crippen LogP contribution in [0.4, 0.5) is 11.4 Å². The molecular formula is C28H33N2RuS. The first-order chi connectivity index (χ1) is 15.1. The summed E-state index contributed by atoms with van der Waals surface area (Å²) >= 11 is 4.24. The Morgan fingerprint density at radius 1 is 0.719 bits per heavy atom. The van der Waals surface area contributed by atoms with Crippen LogP contribution in [0.15, 0.2) is 53.2 Å². The molecule has 0 spiro atoms. The average Bonchev–Trinajstić information content (AvgIpc) is 3.32. The fourth-order valence-corrected chi connectivity index (χ4v) is 5.58. The second-order valence-electron chi connectivity index (χ2n) is 8.64. The van der Waals surface area contributed by atoms with Gasteiger partial charge in [-0.3, -0.25) is 0 Å². The summed E-state index contributed by atoms with van der Waals surface area (Å²) in [5.74, 6) is 0. The summed E-state index contributed by atoms with van der Waals surface area (Å²) in [7, 11) is 0. The van der Waals surface area contributed by atoms with Gasteiger partial charge in [-0.1, -0.05) is 35.4 Å². The van der Waals surface area contributed by atoms with Crippen molar-refractivity contribution in [1.82, 2.24) is 0 Å². The molecule has 0 amide bonds. The topological polar surface area (TPSA) is 6.48 Å². The van der Waals surface area contributed by atoms with Crippen LogP contribution in [0.3, 0.4) is 0 Å². The summed E-state index contributed by atoms with van der Waals surface area (Å²) in [6.45, 7) is 19.8. The third-order valence-corrected chi connectivity index (χ3v) is 7.56. The predicted molar refractivity (Wildman–Crippen MR) is 138 cm³/mol. The summed E-state index contributed by atoms with van der Waals surface area (Å²) < 4.78 is 2.03. The van der Waals surface area contributed by atoms with Gasteiger partial charge in [-0.2, -0.15) is 0 Å². The normalized spacial score (nSPS) is 13.4. The van der Waals surface area contributed by atoms with Crippen molar-refractivity contribution in [1.29, 1.82) is 0 Å². The SMILES string of the molecule is CC1=C(C)N(c2c(C)cc(C)cc2C)[CH-]N1c1c(C)cc(C)cc1C.[Ru+]=[CH]c1cccs1. The van der Waals surface area contributed by atoms with E-state index in [0.717, 1.165) is 0 Å². The van der Waals surface area contributed by atoms with E-state index in [9.17, 15) is 0 Å². The van der Waals surface area contributed by atoms with E-state index in [2.05, 4.69) is 125 Å². The second-order valence-corrected chi connectivity index (χ2v) is 10.1. The maximum absolute atomic E-state index is 2.49. The minimum absolute atomic E-state index is 1.29. The van der Waals surface area contributed by atoms with Crippen molar-refractivity contribution in [2.24, 2.45) is 0 Å². The second kappa shape index (κ2) is 10.3. The van der Waals surface area contributed by atoms with E-state index in [1.165, 1.54) is 61.0 Å². The molecule has 3 aromatic rings. The molecule has 0 saturated carbocycles. The number of hydrogen-bond donors (Lipinski definition) is 0. The van der Waals surface area contributed by atoms with Gasteiger partial charge in [0.2, 0.25) is 0 Å². The molecule has 2 nitrogen and oxygen atoms in total. The number of hydrogen-bond acceptors (Lipinski definition) is 3. The zero-order valence-corrected chi connectivity index (χ0v) is 22.9. The maximum atomic E-state index is 2.49. The van der Waals surface area contributed by atoms with E-state index in [4.69, 9.17) is 0 Å². The van der Waals surface area contributed by atoms with Crippen LogP contribution in [0.1, 0.15) is 52.1 Å². The summed E-state index contributed by atoms with van der Waals surface area (Å²) in [5.41, 5.74) is 13.1. The minimum atomic E-state index is 1.29. The van der Waals surface area contributed by atoms with Gasteiger partial charge in [0.25, 0.3) is 0 Å². The molecule has 0 radical (unpaired) electrons. The van der Waals surface area contributed by atoms with Crippen molar-refractivity contribution in [2.75, 3.05) is 9.80 Å². The van der Waals surface area contributed by atoms with E-state index >= 15 is 0 Å². The van der Waals surface area contributed by atoms with Crippen LogP contribution in [0, 0.1) is 48.2 Å². The Labute approximate surface area is 207 Å². The van der Waals surface area contributed by atoms with Gasteiger partial charge >= 0.3 is 56.2 Å². The van der Waals surface area contributed by atoms with Crippen LogP contribution in [-0.2, 0) is 17.9 Å². The van der Waals surface area contributed by atoms with E-state index in [-0.39, 0.29) is 0 Å². The van der Waals surface area contributed by atoms with Gasteiger partial charge in [-0.15, -0.1) is 6.67 Å². The van der Waals surface area contributed by atoms with E-state index < -0.39 is 0 Å². The Hall–Kier alpha value is -2.03. The number of anilines is 2. The fourth-order valence-electron chi connectivity index (χ4n) is 4.54. The average molecular weight is 531 g/mol. The van der Waals surface area contributed by atoms with Gasteiger partial charge in [0.1, 0.15) is 0 Å². The zero-order chi connectivity index (χ0) is 23.6. The Kier molecular flexibility index (Phi) is 7.90. The molecule has 1 aliphatic rings. The number of nitrogens with zero attached hydrogens (tertiary/aromatic N) is 2. The van der Waals surface area contributed by atoms with Crippen LogP contribution in [-0.4, -0.2) is 4.61 Å². The van der Waals surface area contributed by atoms with Crippen molar-refractivity contribution in [3.63, 3.8) is 0 Å². The van der Waals surface area contributed by atoms with E-state index in [0.29, 0.717) is 0 Å². The van der Waals surface area contributed by atoms with Crippen LogP contribution in [0.25, 0.3) is 0 Å². The summed E-state index contributed by atoms with van der Waals surface area (Å²) in [6, 6.07) is 13.2. The van der Waals surface area contributed by atoms with Crippen molar-refractivity contribution in [2.45, 2.75) is 55.4 Å². The van der Waals surface area contributed by atoms with Gasteiger partial charge < -0.3 is 9.80 Å². The van der Waals surface area contributed by atoms with Crippen LogP contribution < -0.4 is 9.80 Å². The van der Waals surface area contributed by atoms with Gasteiger partial charge in [0.05, 0.1) is 0 Å². The number of benzene rings is 2. The molecule has 4 heteroatoms. The molecule has 4 rings (SSSR count). The van der Waals surface area contributed by atoms with E-state index in [1.54, 1.807) is 11.3 Å². The summed E-state index contributed by atoms with van der Waals surface area (Å²) in [6.07, 6.45) is 0. The molecule has 0 aliphatic carbocycles. The summed E-state index contributed by atoms with van der Waals surface area (Å²) in [4.78, 5) is 6.01. The Morgan fingerprint density at radius 2 is 1.12 bits per heavy atom. The summed E-state index contributed by atoms with van der Waals surface area (Å²) in [5, 5.41) is 2.07. The number of aryl methyl sites for hydroxylation is 6. The van der Waals surface area contributed by atoms with Crippen LogP contribution >= 0.6 is 11.3 Å². The third-order valence-electron chi connectivity index (χ3n) is 5.87. The molecule has 1 aliphatic heterocycles. The molecular weight excluding hydrogens is 497 g/mol. The molecule has 0 saturated heterocycles. The molecule has 0 N–H and O–H groups in total. The van der Waals surface area contributed by atoms with E-state index in [1.807, 2.05) is 10.7 Å². The fraction of sp³-hybridized carbons (Fsp3) is 0.286. The molecule has 169 valence electrons. The number of rotatable bonds is 3. The monoisotopic (exact) mass is 531 g/mol. The third kappa shape index (κ3) is 5.13. The van der Waals surface area contributed by atoms with Gasteiger partial charge in [0.15, 0.2) is 0 Å². The molecule has 1 aromatic heterocycles. The van der Waals surface area contributed by atoms with Crippen molar-refractivity contribution in [3.05, 3.63) is 98.1 Å². The molecule has 0 atom stereocenters. The van der Waals surface area contributed by atoms with Crippen LogP contribution in [0.5, 0.6) is 0 Å². The molecule has 2 aromatic carbocycles. The van der Waals surface area contributed by atoms with Crippen molar-refractivity contribution >= 4 is 27.3 Å². The first kappa shape index (κ1) is 24.6. The van der Waals surface area contributed by atoms with Gasteiger partial charge in [-0.25, -0.2) is 0 Å². The molecule has 32 heavy (non-hydrogen) atoms. The molecule has 0 unspecified atom stereocenters. The first-order valence-electron chi connectivity index (χ1n) is 10.9. The van der Waals surface area contributed by atoms with Gasteiger partial charge in [-0.05, 0) is 77.6 Å². The first-order valence-corrected chi connectivity index (χ1v) is 12.7. The predicted octanol–water partition coefficient (Wildman–Crippen LogP) is 7.68. The number of thiophene rings is 1. The number of allylic oxidation sites excluding steroid dienone is 2. The molecule has 0 bridgehead atoms.